The Labute approximate surface area is 250 Å². The summed E-state index contributed by atoms with van der Waals surface area (Å²) in [6.07, 6.45) is 3.38. The lowest BCUT2D eigenvalue weighted by Crippen LogP contribution is -2.40. The number of nitrogens with zero attached hydrogens (tertiary/aromatic N) is 2. The smallest absolute Gasteiger partial charge is 0.258 e. The molecule has 0 spiro atoms. The third kappa shape index (κ3) is 9.55. The summed E-state index contributed by atoms with van der Waals surface area (Å²) in [5.74, 6) is 0.751. The lowest BCUT2D eigenvalue weighted by atomic mass is 10.1. The maximum Gasteiger partial charge on any atom is 0.258 e. The molecule has 0 unspecified atom stereocenters. The predicted octanol–water partition coefficient (Wildman–Crippen LogP) is 3.37. The van der Waals surface area contributed by atoms with Crippen LogP contribution in [0.4, 0.5) is 0 Å². The van der Waals surface area contributed by atoms with Gasteiger partial charge in [0.15, 0.2) is 6.61 Å². The molecule has 43 heavy (non-hydrogen) atoms. The van der Waals surface area contributed by atoms with Crippen LogP contribution >= 0.6 is 0 Å². The van der Waals surface area contributed by atoms with Crippen LogP contribution in [0.25, 0.3) is 0 Å². The Morgan fingerprint density at radius 2 is 1.63 bits per heavy atom. The van der Waals surface area contributed by atoms with Crippen molar-refractivity contribution in [2.75, 3.05) is 26.8 Å². The second-order valence-corrected chi connectivity index (χ2v) is 11.2. The first kappa shape index (κ1) is 31.0. The number of benzene rings is 3. The van der Waals surface area contributed by atoms with E-state index >= 15 is 0 Å². The zero-order valence-electron chi connectivity index (χ0n) is 23.5. The molecule has 4 aromatic rings. The SMILES string of the molecule is COc1ccc(S(=O)(=O)N(CCc2ccccc2)CC(=O)N/N=C/c2ccc(OCC(=O)NCc3ccco3)cc2)cc1. The summed E-state index contributed by atoms with van der Waals surface area (Å²) in [5.41, 5.74) is 3.99. The zero-order valence-corrected chi connectivity index (χ0v) is 24.3. The Kier molecular flexibility index (Phi) is 11.1. The number of hydrazone groups is 1. The number of sulfonamides is 1. The second-order valence-electron chi connectivity index (χ2n) is 9.26. The van der Waals surface area contributed by atoms with E-state index in [0.717, 1.165) is 9.87 Å². The summed E-state index contributed by atoms with van der Waals surface area (Å²) in [4.78, 5) is 24.8. The molecule has 11 nitrogen and oxygen atoms in total. The highest BCUT2D eigenvalue weighted by atomic mass is 32.2. The van der Waals surface area contributed by atoms with Gasteiger partial charge in [0, 0.05) is 6.54 Å². The van der Waals surface area contributed by atoms with E-state index in [1.165, 1.54) is 31.7 Å². The Bertz CT molecular complexity index is 1590. The normalized spacial score (nSPS) is 11.4. The fourth-order valence-electron chi connectivity index (χ4n) is 3.90. The van der Waals surface area contributed by atoms with Gasteiger partial charge >= 0.3 is 0 Å². The summed E-state index contributed by atoms with van der Waals surface area (Å²) < 4.78 is 43.8. The number of rotatable bonds is 15. The van der Waals surface area contributed by atoms with Gasteiger partial charge in [-0.2, -0.15) is 9.41 Å². The van der Waals surface area contributed by atoms with Crippen LogP contribution in [-0.4, -0.2) is 57.6 Å². The minimum atomic E-state index is -3.98. The molecule has 0 bridgehead atoms. The molecule has 0 fully saturated rings. The fourth-order valence-corrected chi connectivity index (χ4v) is 5.30. The number of hydrogen-bond acceptors (Lipinski definition) is 8. The van der Waals surface area contributed by atoms with Gasteiger partial charge in [-0.25, -0.2) is 13.8 Å². The topological polar surface area (TPSA) is 140 Å². The first-order valence-corrected chi connectivity index (χ1v) is 14.8. The summed E-state index contributed by atoms with van der Waals surface area (Å²) >= 11 is 0. The van der Waals surface area contributed by atoms with E-state index in [-0.39, 0.29) is 30.5 Å². The number of carbonyl (C=O) groups excluding carboxylic acids is 2. The molecule has 1 aromatic heterocycles. The molecule has 0 aliphatic carbocycles. The van der Waals surface area contributed by atoms with E-state index in [4.69, 9.17) is 13.9 Å². The van der Waals surface area contributed by atoms with Crippen LogP contribution in [0.15, 0.2) is 112 Å². The molecule has 1 heterocycles. The molecule has 224 valence electrons. The van der Waals surface area contributed by atoms with Crippen molar-refractivity contribution in [3.05, 3.63) is 114 Å². The van der Waals surface area contributed by atoms with Crippen molar-refractivity contribution in [2.24, 2.45) is 5.10 Å². The van der Waals surface area contributed by atoms with Crippen molar-refractivity contribution in [3.63, 3.8) is 0 Å². The largest absolute Gasteiger partial charge is 0.497 e. The third-order valence-electron chi connectivity index (χ3n) is 6.20. The first-order chi connectivity index (χ1) is 20.8. The highest BCUT2D eigenvalue weighted by Gasteiger charge is 2.26. The quantitative estimate of drug-likeness (QED) is 0.157. The highest BCUT2D eigenvalue weighted by Crippen LogP contribution is 2.20. The van der Waals surface area contributed by atoms with Crippen molar-refractivity contribution >= 4 is 28.1 Å². The van der Waals surface area contributed by atoms with Gasteiger partial charge in [0.1, 0.15) is 17.3 Å². The summed E-state index contributed by atoms with van der Waals surface area (Å²) in [6, 6.07) is 25.7. The second kappa shape index (κ2) is 15.3. The van der Waals surface area contributed by atoms with Crippen molar-refractivity contribution in [3.8, 4) is 11.5 Å². The third-order valence-corrected chi connectivity index (χ3v) is 8.06. The van der Waals surface area contributed by atoms with Gasteiger partial charge in [-0.05, 0) is 78.2 Å². The number of hydrogen-bond donors (Lipinski definition) is 2. The van der Waals surface area contributed by atoms with Crippen LogP contribution in [0.3, 0.4) is 0 Å². The van der Waals surface area contributed by atoms with E-state index < -0.39 is 22.5 Å². The minimum absolute atomic E-state index is 0.0509. The molecule has 0 aliphatic rings. The molecular weight excluding hydrogens is 572 g/mol. The van der Waals surface area contributed by atoms with Gasteiger partial charge in [-0.3, -0.25) is 9.59 Å². The summed E-state index contributed by atoms with van der Waals surface area (Å²) in [5, 5.41) is 6.66. The maximum atomic E-state index is 13.4. The Hall–Kier alpha value is -4.94. The lowest BCUT2D eigenvalue weighted by molar-refractivity contribution is -0.123. The van der Waals surface area contributed by atoms with Crippen LogP contribution in [-0.2, 0) is 32.6 Å². The van der Waals surface area contributed by atoms with Gasteiger partial charge < -0.3 is 19.2 Å². The van der Waals surface area contributed by atoms with Crippen LogP contribution in [0.1, 0.15) is 16.9 Å². The van der Waals surface area contributed by atoms with Crippen molar-refractivity contribution in [2.45, 2.75) is 17.9 Å². The van der Waals surface area contributed by atoms with Crippen molar-refractivity contribution < 1.29 is 31.9 Å². The molecular formula is C31H32N4O7S. The Morgan fingerprint density at radius 3 is 2.30 bits per heavy atom. The van der Waals surface area contributed by atoms with E-state index in [1.807, 2.05) is 30.3 Å². The monoisotopic (exact) mass is 604 g/mol. The average molecular weight is 605 g/mol. The highest BCUT2D eigenvalue weighted by molar-refractivity contribution is 7.89. The molecule has 0 atom stereocenters. The molecule has 12 heteroatoms. The predicted molar refractivity (Wildman–Crippen MR) is 160 cm³/mol. The molecule has 4 rings (SSSR count). The molecule has 0 radical (unpaired) electrons. The molecule has 2 N–H and O–H groups in total. The van der Waals surface area contributed by atoms with Gasteiger partial charge in [0.25, 0.3) is 11.8 Å². The van der Waals surface area contributed by atoms with Crippen molar-refractivity contribution in [1.82, 2.24) is 15.0 Å². The summed E-state index contributed by atoms with van der Waals surface area (Å²) in [7, 11) is -2.49. The summed E-state index contributed by atoms with van der Waals surface area (Å²) in [6.45, 7) is -0.218. The van der Waals surface area contributed by atoms with E-state index in [0.29, 0.717) is 29.2 Å². The number of ether oxygens (including phenoxy) is 2. The van der Waals surface area contributed by atoms with Crippen LogP contribution in [0.5, 0.6) is 11.5 Å². The molecule has 2 amide bonds. The van der Waals surface area contributed by atoms with Crippen LogP contribution < -0.4 is 20.2 Å². The van der Waals surface area contributed by atoms with Gasteiger partial charge in [-0.1, -0.05) is 30.3 Å². The van der Waals surface area contributed by atoms with Gasteiger partial charge in [0.05, 0.1) is 37.6 Å². The molecule has 0 saturated heterocycles. The van der Waals surface area contributed by atoms with Crippen LogP contribution in [0.2, 0.25) is 0 Å². The minimum Gasteiger partial charge on any atom is -0.497 e. The first-order valence-electron chi connectivity index (χ1n) is 13.4. The molecule has 3 aromatic carbocycles. The number of nitrogens with one attached hydrogen (secondary N) is 2. The average Bonchev–Trinajstić information content (AvgIpc) is 3.56. The van der Waals surface area contributed by atoms with Crippen molar-refractivity contribution in [1.29, 1.82) is 0 Å². The molecule has 0 aliphatic heterocycles. The Balaban J connectivity index is 1.31. The number of amides is 2. The lowest BCUT2D eigenvalue weighted by Gasteiger charge is -2.21. The maximum absolute atomic E-state index is 13.4. The number of methoxy groups -OCH3 is 1. The Morgan fingerprint density at radius 1 is 0.907 bits per heavy atom. The van der Waals surface area contributed by atoms with Gasteiger partial charge in [-0.15, -0.1) is 0 Å². The standard InChI is InChI=1S/C31H32N4O7S/c1-40-26-13-15-29(16-14-26)43(38,39)35(18-17-24-6-3-2-4-7-24)22-30(36)34-33-20-25-9-11-27(12-10-25)42-23-31(37)32-21-28-8-5-19-41-28/h2-16,19-20H,17-18,21-23H2,1H3,(H,32,37)(H,34,36)/b33-20+. The zero-order chi connectivity index (χ0) is 30.5. The van der Waals surface area contributed by atoms with Crippen LogP contribution in [0, 0.1) is 0 Å². The van der Waals surface area contributed by atoms with E-state index in [2.05, 4.69) is 15.8 Å². The van der Waals surface area contributed by atoms with E-state index in [1.54, 1.807) is 48.5 Å². The molecule has 0 saturated carbocycles. The number of carbonyl (C=O) groups is 2. The number of furan rings is 1. The fraction of sp³-hybridized carbons (Fsp3) is 0.194. The van der Waals surface area contributed by atoms with Gasteiger partial charge in [0.2, 0.25) is 10.0 Å². The van der Waals surface area contributed by atoms with E-state index in [9.17, 15) is 18.0 Å².